The highest BCUT2D eigenvalue weighted by molar-refractivity contribution is 5.26. The SMILES string of the molecule is Cc1cc(F)ccc1CNCC1CCCCC1C. The van der Waals surface area contributed by atoms with Crippen LogP contribution in [0.2, 0.25) is 0 Å². The molecule has 0 radical (unpaired) electrons. The molecule has 0 heterocycles. The summed E-state index contributed by atoms with van der Waals surface area (Å²) in [5.41, 5.74) is 2.25. The van der Waals surface area contributed by atoms with Crippen molar-refractivity contribution in [2.24, 2.45) is 11.8 Å². The Hall–Kier alpha value is -0.890. The van der Waals surface area contributed by atoms with E-state index < -0.39 is 0 Å². The Morgan fingerprint density at radius 3 is 2.78 bits per heavy atom. The number of benzene rings is 1. The third kappa shape index (κ3) is 3.55. The molecule has 0 saturated heterocycles. The van der Waals surface area contributed by atoms with E-state index in [1.54, 1.807) is 12.1 Å². The lowest BCUT2D eigenvalue weighted by Crippen LogP contribution is -2.29. The van der Waals surface area contributed by atoms with Crippen LogP contribution in [0.5, 0.6) is 0 Å². The van der Waals surface area contributed by atoms with Crippen LogP contribution in [0.1, 0.15) is 43.7 Å². The molecule has 1 aromatic carbocycles. The maximum atomic E-state index is 13.0. The Bertz CT molecular complexity index is 389. The minimum Gasteiger partial charge on any atom is -0.312 e. The molecule has 0 amide bonds. The van der Waals surface area contributed by atoms with Crippen LogP contribution < -0.4 is 5.32 Å². The average molecular weight is 249 g/mol. The summed E-state index contributed by atoms with van der Waals surface area (Å²) in [6.07, 6.45) is 5.51. The van der Waals surface area contributed by atoms with Crippen molar-refractivity contribution < 1.29 is 4.39 Å². The summed E-state index contributed by atoms with van der Waals surface area (Å²) in [4.78, 5) is 0. The second-order valence-electron chi connectivity index (χ2n) is 5.72. The number of halogens is 1. The van der Waals surface area contributed by atoms with Crippen LogP contribution in [0.4, 0.5) is 4.39 Å². The number of hydrogen-bond donors (Lipinski definition) is 1. The molecule has 0 spiro atoms. The summed E-state index contributed by atoms with van der Waals surface area (Å²) < 4.78 is 13.0. The van der Waals surface area contributed by atoms with Gasteiger partial charge in [0.05, 0.1) is 0 Å². The molecule has 1 fully saturated rings. The number of aryl methyl sites for hydroxylation is 1. The van der Waals surface area contributed by atoms with Crippen LogP contribution in [-0.4, -0.2) is 6.54 Å². The van der Waals surface area contributed by atoms with Gasteiger partial charge in [0.2, 0.25) is 0 Å². The van der Waals surface area contributed by atoms with Gasteiger partial charge >= 0.3 is 0 Å². The summed E-state index contributed by atoms with van der Waals surface area (Å²) in [7, 11) is 0. The smallest absolute Gasteiger partial charge is 0.123 e. The van der Waals surface area contributed by atoms with Crippen LogP contribution in [0.3, 0.4) is 0 Å². The lowest BCUT2D eigenvalue weighted by molar-refractivity contribution is 0.247. The van der Waals surface area contributed by atoms with Crippen molar-refractivity contribution in [1.82, 2.24) is 5.32 Å². The summed E-state index contributed by atoms with van der Waals surface area (Å²) in [5, 5.41) is 3.54. The number of rotatable bonds is 4. The first-order chi connectivity index (χ1) is 8.66. The van der Waals surface area contributed by atoms with E-state index in [4.69, 9.17) is 0 Å². The highest BCUT2D eigenvalue weighted by atomic mass is 19.1. The molecule has 0 aromatic heterocycles. The third-order valence-corrected chi connectivity index (χ3v) is 4.32. The van der Waals surface area contributed by atoms with Gasteiger partial charge in [0.1, 0.15) is 5.82 Å². The Kier molecular flexibility index (Phi) is 4.76. The van der Waals surface area contributed by atoms with Crippen LogP contribution in [0, 0.1) is 24.6 Å². The second-order valence-corrected chi connectivity index (χ2v) is 5.72. The van der Waals surface area contributed by atoms with Crippen LogP contribution >= 0.6 is 0 Å². The van der Waals surface area contributed by atoms with Gasteiger partial charge in [0.15, 0.2) is 0 Å². The zero-order valence-electron chi connectivity index (χ0n) is 11.5. The van der Waals surface area contributed by atoms with Gasteiger partial charge in [-0.05, 0) is 55.0 Å². The highest BCUT2D eigenvalue weighted by Gasteiger charge is 2.20. The largest absolute Gasteiger partial charge is 0.312 e. The van der Waals surface area contributed by atoms with Crippen molar-refractivity contribution in [2.45, 2.75) is 46.1 Å². The van der Waals surface area contributed by atoms with Gasteiger partial charge in [-0.2, -0.15) is 0 Å². The molecule has 2 atom stereocenters. The fourth-order valence-corrected chi connectivity index (χ4v) is 2.95. The minimum absolute atomic E-state index is 0.142. The topological polar surface area (TPSA) is 12.0 Å². The lowest BCUT2D eigenvalue weighted by Gasteiger charge is -2.29. The molecule has 1 N–H and O–H groups in total. The molecule has 0 bridgehead atoms. The molecule has 18 heavy (non-hydrogen) atoms. The first kappa shape index (κ1) is 13.5. The maximum absolute atomic E-state index is 13.0. The van der Waals surface area contributed by atoms with Crippen LogP contribution in [0.25, 0.3) is 0 Å². The van der Waals surface area contributed by atoms with Crippen molar-refractivity contribution in [1.29, 1.82) is 0 Å². The van der Waals surface area contributed by atoms with Crippen molar-refractivity contribution in [3.63, 3.8) is 0 Å². The standard InChI is InChI=1S/C16H24FN/c1-12-5-3-4-6-14(12)10-18-11-15-7-8-16(17)9-13(15)2/h7-9,12,14,18H,3-6,10-11H2,1-2H3. The number of hydrogen-bond acceptors (Lipinski definition) is 1. The normalized spacial score (nSPS) is 24.2. The summed E-state index contributed by atoms with van der Waals surface area (Å²) in [6.45, 7) is 6.30. The van der Waals surface area contributed by atoms with Gasteiger partial charge in [-0.3, -0.25) is 0 Å². The van der Waals surface area contributed by atoms with Crippen LogP contribution in [0.15, 0.2) is 18.2 Å². The Morgan fingerprint density at radius 2 is 2.06 bits per heavy atom. The molecule has 1 aliphatic rings. The van der Waals surface area contributed by atoms with E-state index in [1.807, 2.05) is 13.0 Å². The molecule has 0 aliphatic heterocycles. The zero-order chi connectivity index (χ0) is 13.0. The lowest BCUT2D eigenvalue weighted by atomic mass is 9.80. The fraction of sp³-hybridized carbons (Fsp3) is 0.625. The minimum atomic E-state index is -0.142. The van der Waals surface area contributed by atoms with Crippen LogP contribution in [-0.2, 0) is 6.54 Å². The first-order valence-corrected chi connectivity index (χ1v) is 7.12. The molecule has 1 saturated carbocycles. The van der Waals surface area contributed by atoms with Gasteiger partial charge in [0.25, 0.3) is 0 Å². The van der Waals surface area contributed by atoms with Gasteiger partial charge in [-0.15, -0.1) is 0 Å². The predicted molar refractivity (Wildman–Crippen MR) is 74.0 cm³/mol. The average Bonchev–Trinajstić information content (AvgIpc) is 2.34. The van der Waals surface area contributed by atoms with Crippen molar-refractivity contribution in [3.05, 3.63) is 35.1 Å². The molecular formula is C16H24FN. The van der Waals surface area contributed by atoms with E-state index in [1.165, 1.54) is 31.2 Å². The van der Waals surface area contributed by atoms with E-state index >= 15 is 0 Å². The first-order valence-electron chi connectivity index (χ1n) is 7.12. The van der Waals surface area contributed by atoms with Gasteiger partial charge < -0.3 is 5.32 Å². The predicted octanol–water partition coefficient (Wildman–Crippen LogP) is 4.05. The van der Waals surface area contributed by atoms with Gasteiger partial charge in [-0.1, -0.05) is 32.3 Å². The molecule has 2 unspecified atom stereocenters. The molecule has 2 rings (SSSR count). The summed E-state index contributed by atoms with van der Waals surface area (Å²) >= 11 is 0. The fourth-order valence-electron chi connectivity index (χ4n) is 2.95. The van der Waals surface area contributed by atoms with E-state index in [0.717, 1.165) is 30.5 Å². The Balaban J connectivity index is 1.81. The molecule has 2 heteroatoms. The van der Waals surface area contributed by atoms with Gasteiger partial charge in [-0.25, -0.2) is 4.39 Å². The molecule has 100 valence electrons. The third-order valence-electron chi connectivity index (χ3n) is 4.32. The summed E-state index contributed by atoms with van der Waals surface area (Å²) in [6, 6.07) is 5.05. The van der Waals surface area contributed by atoms with Gasteiger partial charge in [0, 0.05) is 6.54 Å². The second kappa shape index (κ2) is 6.33. The molecule has 1 aliphatic carbocycles. The van der Waals surface area contributed by atoms with E-state index in [-0.39, 0.29) is 5.82 Å². The van der Waals surface area contributed by atoms with E-state index in [0.29, 0.717) is 0 Å². The molecular weight excluding hydrogens is 225 g/mol. The van der Waals surface area contributed by atoms with Crippen molar-refractivity contribution in [2.75, 3.05) is 6.54 Å². The number of nitrogens with one attached hydrogen (secondary N) is 1. The quantitative estimate of drug-likeness (QED) is 0.849. The van der Waals surface area contributed by atoms with E-state index in [9.17, 15) is 4.39 Å². The summed E-state index contributed by atoms with van der Waals surface area (Å²) in [5.74, 6) is 1.53. The Morgan fingerprint density at radius 1 is 1.28 bits per heavy atom. The zero-order valence-corrected chi connectivity index (χ0v) is 11.5. The molecule has 1 nitrogen and oxygen atoms in total. The van der Waals surface area contributed by atoms with E-state index in [2.05, 4.69) is 12.2 Å². The highest BCUT2D eigenvalue weighted by Crippen LogP contribution is 2.28. The molecule has 1 aromatic rings. The van der Waals surface area contributed by atoms with Crippen molar-refractivity contribution in [3.8, 4) is 0 Å². The maximum Gasteiger partial charge on any atom is 0.123 e. The monoisotopic (exact) mass is 249 g/mol. The Labute approximate surface area is 110 Å². The van der Waals surface area contributed by atoms with Crippen molar-refractivity contribution >= 4 is 0 Å².